The van der Waals surface area contributed by atoms with Crippen molar-refractivity contribution in [2.75, 3.05) is 17.6 Å². The topological polar surface area (TPSA) is 53.2 Å². The first-order chi connectivity index (χ1) is 7.00. The van der Waals surface area contributed by atoms with E-state index in [2.05, 4.69) is 4.98 Å². The number of fused-ring (bicyclic) bond motifs is 1. The molecule has 0 saturated carbocycles. The normalized spacial score (nSPS) is 11.9. The molecule has 1 heterocycles. The molecule has 0 spiro atoms. The first kappa shape index (κ1) is 10.0. The van der Waals surface area contributed by atoms with Crippen LogP contribution in [0.1, 0.15) is 0 Å². The highest BCUT2D eigenvalue weighted by molar-refractivity contribution is 7.92. The molecule has 4 nitrogen and oxygen atoms in total. The van der Waals surface area contributed by atoms with E-state index in [1.807, 2.05) is 18.2 Å². The predicted molar refractivity (Wildman–Crippen MR) is 61.5 cm³/mol. The third-order valence-electron chi connectivity index (χ3n) is 2.40. The van der Waals surface area contributed by atoms with Gasteiger partial charge in [-0.1, -0.05) is 12.1 Å². The molecule has 80 valence electrons. The molecule has 0 aliphatic rings. The van der Waals surface area contributed by atoms with Crippen molar-refractivity contribution in [2.45, 2.75) is 0 Å². The van der Waals surface area contributed by atoms with Crippen molar-refractivity contribution < 1.29 is 8.42 Å². The molecule has 0 aliphatic carbocycles. The van der Waals surface area contributed by atoms with Crippen LogP contribution in [0, 0.1) is 0 Å². The maximum atomic E-state index is 11.4. The quantitative estimate of drug-likeness (QED) is 0.841. The van der Waals surface area contributed by atoms with Gasteiger partial charge in [0, 0.05) is 18.6 Å². The summed E-state index contributed by atoms with van der Waals surface area (Å²) in [4.78, 5) is 3.04. The predicted octanol–water partition coefficient (Wildman–Crippen LogP) is 1.56. The third-order valence-corrected chi connectivity index (χ3v) is 3.59. The van der Waals surface area contributed by atoms with Crippen LogP contribution in [0.15, 0.2) is 30.5 Å². The average molecular weight is 224 g/mol. The fourth-order valence-electron chi connectivity index (χ4n) is 1.51. The van der Waals surface area contributed by atoms with Gasteiger partial charge < -0.3 is 4.98 Å². The second-order valence-electron chi connectivity index (χ2n) is 3.45. The van der Waals surface area contributed by atoms with Gasteiger partial charge in [-0.25, -0.2) is 8.42 Å². The summed E-state index contributed by atoms with van der Waals surface area (Å²) >= 11 is 0. The highest BCUT2D eigenvalue weighted by atomic mass is 32.2. The second kappa shape index (κ2) is 3.27. The Hall–Kier alpha value is -1.49. The Kier molecular flexibility index (Phi) is 2.19. The Morgan fingerprint density at radius 2 is 2.00 bits per heavy atom. The molecule has 1 N–H and O–H groups in total. The Bertz CT molecular complexity index is 586. The molecule has 0 radical (unpaired) electrons. The molecule has 15 heavy (non-hydrogen) atoms. The van der Waals surface area contributed by atoms with E-state index in [0.717, 1.165) is 10.9 Å². The number of hydrogen-bond donors (Lipinski definition) is 1. The Balaban J connectivity index is 2.66. The second-order valence-corrected chi connectivity index (χ2v) is 5.46. The maximum Gasteiger partial charge on any atom is 0.232 e. The lowest BCUT2D eigenvalue weighted by Crippen LogP contribution is -2.24. The Morgan fingerprint density at radius 1 is 1.27 bits per heavy atom. The number of H-pyrrole nitrogens is 1. The number of nitrogens with zero attached hydrogens (tertiary/aromatic N) is 1. The van der Waals surface area contributed by atoms with Gasteiger partial charge in [-0.2, -0.15) is 0 Å². The van der Waals surface area contributed by atoms with Crippen molar-refractivity contribution in [3.8, 4) is 0 Å². The number of hydrogen-bond acceptors (Lipinski definition) is 2. The number of aromatic nitrogens is 1. The van der Waals surface area contributed by atoms with E-state index in [4.69, 9.17) is 0 Å². The van der Waals surface area contributed by atoms with Gasteiger partial charge in [-0.3, -0.25) is 4.31 Å². The largest absolute Gasteiger partial charge is 0.359 e. The Labute approximate surface area is 88.6 Å². The highest BCUT2D eigenvalue weighted by Gasteiger charge is 2.14. The van der Waals surface area contributed by atoms with E-state index in [1.54, 1.807) is 19.3 Å². The lowest BCUT2D eigenvalue weighted by atomic mass is 10.2. The van der Waals surface area contributed by atoms with Crippen molar-refractivity contribution >= 4 is 26.6 Å². The molecule has 0 bridgehead atoms. The van der Waals surface area contributed by atoms with Crippen LogP contribution in [0.2, 0.25) is 0 Å². The number of rotatable bonds is 2. The zero-order valence-corrected chi connectivity index (χ0v) is 9.38. The fraction of sp³-hybridized carbons (Fsp3) is 0.200. The molecule has 0 saturated heterocycles. The molecule has 0 aliphatic heterocycles. The van der Waals surface area contributed by atoms with Crippen LogP contribution in [0.25, 0.3) is 10.9 Å². The van der Waals surface area contributed by atoms with Crippen LogP contribution < -0.4 is 4.31 Å². The van der Waals surface area contributed by atoms with Crippen LogP contribution in [0.4, 0.5) is 5.69 Å². The summed E-state index contributed by atoms with van der Waals surface area (Å²) < 4.78 is 24.1. The van der Waals surface area contributed by atoms with Crippen molar-refractivity contribution in [2.24, 2.45) is 0 Å². The number of benzene rings is 1. The number of nitrogens with one attached hydrogen (secondary N) is 1. The lowest BCUT2D eigenvalue weighted by molar-refractivity contribution is 0.600. The molecular formula is C10H12N2O2S. The van der Waals surface area contributed by atoms with Crippen LogP contribution >= 0.6 is 0 Å². The molecule has 0 amide bonds. The smallest absolute Gasteiger partial charge is 0.232 e. The molecule has 2 aromatic rings. The van der Waals surface area contributed by atoms with Gasteiger partial charge >= 0.3 is 0 Å². The first-order valence-electron chi connectivity index (χ1n) is 4.50. The first-order valence-corrected chi connectivity index (χ1v) is 6.35. The number of anilines is 1. The van der Waals surface area contributed by atoms with Crippen molar-refractivity contribution in [1.82, 2.24) is 4.98 Å². The molecular weight excluding hydrogens is 212 g/mol. The summed E-state index contributed by atoms with van der Waals surface area (Å²) in [5.41, 5.74) is 1.51. The van der Waals surface area contributed by atoms with Crippen molar-refractivity contribution in [3.63, 3.8) is 0 Å². The van der Waals surface area contributed by atoms with Crippen molar-refractivity contribution in [3.05, 3.63) is 30.5 Å². The number of aromatic amines is 1. The van der Waals surface area contributed by atoms with Gasteiger partial charge in [-0.15, -0.1) is 0 Å². The molecule has 1 aromatic heterocycles. The average Bonchev–Trinajstić information content (AvgIpc) is 2.62. The molecule has 0 atom stereocenters. The van der Waals surface area contributed by atoms with E-state index < -0.39 is 10.0 Å². The fourth-order valence-corrected chi connectivity index (χ4v) is 2.02. The lowest BCUT2D eigenvalue weighted by Gasteiger charge is -2.17. The van der Waals surface area contributed by atoms with Crippen LogP contribution in [-0.2, 0) is 10.0 Å². The zero-order chi connectivity index (χ0) is 11.1. The van der Waals surface area contributed by atoms with E-state index in [-0.39, 0.29) is 0 Å². The minimum atomic E-state index is -3.21. The van der Waals surface area contributed by atoms with Crippen LogP contribution in [-0.4, -0.2) is 26.7 Å². The van der Waals surface area contributed by atoms with Gasteiger partial charge in [0.1, 0.15) is 0 Å². The van der Waals surface area contributed by atoms with E-state index in [1.165, 1.54) is 10.6 Å². The SMILES string of the molecule is CN(c1cccc2cc[nH]c12)S(C)(=O)=O. The maximum absolute atomic E-state index is 11.4. The van der Waals surface area contributed by atoms with Crippen LogP contribution in [0.3, 0.4) is 0 Å². The zero-order valence-electron chi connectivity index (χ0n) is 8.56. The van der Waals surface area contributed by atoms with Gasteiger partial charge in [0.2, 0.25) is 10.0 Å². The summed E-state index contributed by atoms with van der Waals surface area (Å²) in [6.07, 6.45) is 2.99. The van der Waals surface area contributed by atoms with Crippen LogP contribution in [0.5, 0.6) is 0 Å². The number of para-hydroxylation sites is 1. The molecule has 1 aromatic carbocycles. The van der Waals surface area contributed by atoms with Gasteiger partial charge in [0.25, 0.3) is 0 Å². The highest BCUT2D eigenvalue weighted by Crippen LogP contribution is 2.25. The minimum Gasteiger partial charge on any atom is -0.359 e. The summed E-state index contributed by atoms with van der Waals surface area (Å²) in [6, 6.07) is 7.47. The molecule has 5 heteroatoms. The van der Waals surface area contributed by atoms with Gasteiger partial charge in [-0.05, 0) is 12.1 Å². The summed E-state index contributed by atoms with van der Waals surface area (Å²) in [5, 5.41) is 1.00. The summed E-state index contributed by atoms with van der Waals surface area (Å²) in [6.45, 7) is 0. The molecule has 0 unspecified atom stereocenters. The number of sulfonamides is 1. The molecule has 0 fully saturated rings. The monoisotopic (exact) mass is 224 g/mol. The molecule has 2 rings (SSSR count). The van der Waals surface area contributed by atoms with Gasteiger partial charge in [0.05, 0.1) is 17.5 Å². The summed E-state index contributed by atoms with van der Waals surface area (Å²) in [5.74, 6) is 0. The minimum absolute atomic E-state index is 0.667. The van der Waals surface area contributed by atoms with Crippen molar-refractivity contribution in [1.29, 1.82) is 0 Å². The Morgan fingerprint density at radius 3 is 2.67 bits per heavy atom. The van der Waals surface area contributed by atoms with E-state index in [0.29, 0.717) is 5.69 Å². The van der Waals surface area contributed by atoms with E-state index in [9.17, 15) is 8.42 Å². The summed E-state index contributed by atoms with van der Waals surface area (Å²) in [7, 11) is -1.67. The van der Waals surface area contributed by atoms with Gasteiger partial charge in [0.15, 0.2) is 0 Å². The third kappa shape index (κ3) is 1.70. The van der Waals surface area contributed by atoms with E-state index >= 15 is 0 Å². The standard InChI is InChI=1S/C10H12N2O2S/c1-12(15(2,13)14)9-5-3-4-8-6-7-11-10(8)9/h3-7,11H,1-2H3.